The molecule has 0 aliphatic heterocycles. The lowest BCUT2D eigenvalue weighted by Crippen LogP contribution is -2.46. The summed E-state index contributed by atoms with van der Waals surface area (Å²) in [5.74, 6) is 0.688. The van der Waals surface area contributed by atoms with Crippen molar-refractivity contribution in [1.82, 2.24) is 4.90 Å². The Morgan fingerprint density at radius 2 is 2.00 bits per heavy atom. The van der Waals surface area contributed by atoms with E-state index in [9.17, 15) is 4.79 Å². The van der Waals surface area contributed by atoms with Gasteiger partial charge in [-0.05, 0) is 25.7 Å². The van der Waals surface area contributed by atoms with E-state index in [0.717, 1.165) is 45.4 Å². The maximum atomic E-state index is 12.6. The molecule has 1 saturated carbocycles. The molecule has 1 fully saturated rings. The molecule has 0 heterocycles. The standard InChI is InChI=1S/C17H33NO2/c1-6-15(7-2)18(11-12-20-5)13-14-9-8-10-17(3,4)16(14)19/h14-15H,6-13H2,1-5H3. The Labute approximate surface area is 125 Å². The zero-order chi connectivity index (χ0) is 15.2. The number of hydrogen-bond donors (Lipinski definition) is 0. The molecule has 3 heteroatoms. The van der Waals surface area contributed by atoms with Crippen LogP contribution in [-0.2, 0) is 9.53 Å². The van der Waals surface area contributed by atoms with Gasteiger partial charge in [0.05, 0.1) is 6.61 Å². The number of ketones is 1. The third-order valence-electron chi connectivity index (χ3n) is 4.89. The number of methoxy groups -OCH3 is 1. The summed E-state index contributed by atoms with van der Waals surface area (Å²) in [6.07, 6.45) is 5.58. The van der Waals surface area contributed by atoms with Crippen molar-refractivity contribution < 1.29 is 9.53 Å². The first-order valence-electron chi connectivity index (χ1n) is 8.23. The van der Waals surface area contributed by atoms with Crippen molar-refractivity contribution in [3.05, 3.63) is 0 Å². The van der Waals surface area contributed by atoms with Gasteiger partial charge in [0.15, 0.2) is 0 Å². The van der Waals surface area contributed by atoms with Gasteiger partial charge in [0.25, 0.3) is 0 Å². The van der Waals surface area contributed by atoms with E-state index in [1.54, 1.807) is 7.11 Å². The Balaban J connectivity index is 2.70. The fourth-order valence-corrected chi connectivity index (χ4v) is 3.49. The Morgan fingerprint density at radius 3 is 2.55 bits per heavy atom. The van der Waals surface area contributed by atoms with E-state index in [0.29, 0.717) is 11.8 Å². The van der Waals surface area contributed by atoms with Gasteiger partial charge in [-0.25, -0.2) is 0 Å². The predicted molar refractivity (Wildman–Crippen MR) is 83.9 cm³/mol. The lowest BCUT2D eigenvalue weighted by molar-refractivity contribution is -0.135. The molecular weight excluding hydrogens is 250 g/mol. The molecule has 0 spiro atoms. The second-order valence-corrected chi connectivity index (χ2v) is 6.80. The molecule has 1 unspecified atom stereocenters. The highest BCUT2D eigenvalue weighted by Gasteiger charge is 2.38. The van der Waals surface area contributed by atoms with Crippen molar-refractivity contribution in [2.75, 3.05) is 26.8 Å². The Kier molecular flexibility index (Phi) is 7.18. The minimum Gasteiger partial charge on any atom is -0.383 e. The SMILES string of the molecule is CCC(CC)N(CCOC)CC1CCCC(C)(C)C1=O. The van der Waals surface area contributed by atoms with Crippen molar-refractivity contribution in [2.45, 2.75) is 65.8 Å². The molecule has 0 N–H and O–H groups in total. The van der Waals surface area contributed by atoms with Gasteiger partial charge in [0.2, 0.25) is 0 Å². The van der Waals surface area contributed by atoms with E-state index < -0.39 is 0 Å². The lowest BCUT2D eigenvalue weighted by atomic mass is 9.71. The Bertz CT molecular complexity index is 297. The number of rotatable bonds is 8. The summed E-state index contributed by atoms with van der Waals surface area (Å²) < 4.78 is 5.24. The van der Waals surface area contributed by atoms with Crippen molar-refractivity contribution in [3.8, 4) is 0 Å². The molecule has 118 valence electrons. The van der Waals surface area contributed by atoms with Gasteiger partial charge in [0.1, 0.15) is 5.78 Å². The van der Waals surface area contributed by atoms with E-state index >= 15 is 0 Å². The molecule has 1 rings (SSSR count). The lowest BCUT2D eigenvalue weighted by Gasteiger charge is -2.38. The quantitative estimate of drug-likeness (QED) is 0.682. The second kappa shape index (κ2) is 8.14. The third-order valence-corrected chi connectivity index (χ3v) is 4.89. The van der Waals surface area contributed by atoms with Gasteiger partial charge in [-0.15, -0.1) is 0 Å². The van der Waals surface area contributed by atoms with Crippen LogP contribution < -0.4 is 0 Å². The third kappa shape index (κ3) is 4.56. The van der Waals surface area contributed by atoms with Crippen molar-refractivity contribution >= 4 is 5.78 Å². The summed E-state index contributed by atoms with van der Waals surface area (Å²) in [5, 5.41) is 0. The summed E-state index contributed by atoms with van der Waals surface area (Å²) in [6, 6.07) is 0.572. The van der Waals surface area contributed by atoms with Crippen LogP contribution in [0.15, 0.2) is 0 Å². The van der Waals surface area contributed by atoms with E-state index in [1.165, 1.54) is 6.42 Å². The fraction of sp³-hybridized carbons (Fsp3) is 0.941. The monoisotopic (exact) mass is 283 g/mol. The summed E-state index contributed by atoms with van der Waals surface area (Å²) >= 11 is 0. The number of nitrogens with zero attached hydrogens (tertiary/aromatic N) is 1. The van der Waals surface area contributed by atoms with E-state index in [2.05, 4.69) is 32.6 Å². The highest BCUT2D eigenvalue weighted by atomic mass is 16.5. The Morgan fingerprint density at radius 1 is 1.35 bits per heavy atom. The van der Waals surface area contributed by atoms with Crippen LogP contribution >= 0.6 is 0 Å². The van der Waals surface area contributed by atoms with Gasteiger partial charge in [-0.1, -0.05) is 34.1 Å². The Hall–Kier alpha value is -0.410. The van der Waals surface area contributed by atoms with E-state index in [4.69, 9.17) is 4.74 Å². The van der Waals surface area contributed by atoms with Crippen molar-refractivity contribution in [2.24, 2.45) is 11.3 Å². The summed E-state index contributed by atoms with van der Waals surface area (Å²) in [6.45, 7) is 11.3. The molecule has 20 heavy (non-hydrogen) atoms. The van der Waals surface area contributed by atoms with Gasteiger partial charge in [0, 0.05) is 37.6 Å². The highest BCUT2D eigenvalue weighted by molar-refractivity contribution is 5.87. The normalized spacial score (nSPS) is 22.8. The summed E-state index contributed by atoms with van der Waals surface area (Å²) in [7, 11) is 1.75. The van der Waals surface area contributed by atoms with Crippen molar-refractivity contribution in [1.29, 1.82) is 0 Å². The zero-order valence-corrected chi connectivity index (χ0v) is 14.1. The molecule has 0 saturated heterocycles. The van der Waals surface area contributed by atoms with Crippen LogP contribution in [0.2, 0.25) is 0 Å². The van der Waals surface area contributed by atoms with Gasteiger partial charge in [-0.3, -0.25) is 9.69 Å². The number of carbonyl (C=O) groups excluding carboxylic acids is 1. The van der Waals surface area contributed by atoms with Gasteiger partial charge in [-0.2, -0.15) is 0 Å². The molecule has 1 atom stereocenters. The van der Waals surface area contributed by atoms with Gasteiger partial charge >= 0.3 is 0 Å². The topological polar surface area (TPSA) is 29.5 Å². The van der Waals surface area contributed by atoms with Gasteiger partial charge < -0.3 is 4.74 Å². The number of Topliss-reactive ketones (excluding diaryl/α,β-unsaturated/α-hetero) is 1. The van der Waals surface area contributed by atoms with E-state index in [1.807, 2.05) is 0 Å². The summed E-state index contributed by atoms with van der Waals surface area (Å²) in [4.78, 5) is 15.1. The smallest absolute Gasteiger partial charge is 0.142 e. The minimum absolute atomic E-state index is 0.121. The average Bonchev–Trinajstić information content (AvgIpc) is 2.42. The van der Waals surface area contributed by atoms with Crippen LogP contribution in [0.5, 0.6) is 0 Å². The van der Waals surface area contributed by atoms with Crippen LogP contribution in [0, 0.1) is 11.3 Å². The molecular formula is C17H33NO2. The number of carbonyl (C=O) groups is 1. The molecule has 0 aromatic heterocycles. The summed E-state index contributed by atoms with van der Waals surface area (Å²) in [5.41, 5.74) is -0.121. The highest BCUT2D eigenvalue weighted by Crippen LogP contribution is 2.36. The van der Waals surface area contributed by atoms with Crippen LogP contribution in [-0.4, -0.2) is 43.5 Å². The maximum Gasteiger partial charge on any atom is 0.142 e. The molecule has 0 aromatic rings. The molecule has 1 aliphatic rings. The zero-order valence-electron chi connectivity index (χ0n) is 14.1. The first kappa shape index (κ1) is 17.6. The molecule has 1 aliphatic carbocycles. The number of hydrogen-bond acceptors (Lipinski definition) is 3. The minimum atomic E-state index is -0.121. The molecule has 3 nitrogen and oxygen atoms in total. The second-order valence-electron chi connectivity index (χ2n) is 6.80. The van der Waals surface area contributed by atoms with Crippen LogP contribution in [0.1, 0.15) is 59.8 Å². The first-order chi connectivity index (χ1) is 9.46. The molecule has 0 bridgehead atoms. The molecule has 0 amide bonds. The fourth-order valence-electron chi connectivity index (χ4n) is 3.49. The maximum absolute atomic E-state index is 12.6. The average molecular weight is 283 g/mol. The van der Waals surface area contributed by atoms with Crippen LogP contribution in [0.25, 0.3) is 0 Å². The van der Waals surface area contributed by atoms with E-state index in [-0.39, 0.29) is 11.3 Å². The largest absolute Gasteiger partial charge is 0.383 e. The molecule has 0 radical (unpaired) electrons. The first-order valence-corrected chi connectivity index (χ1v) is 8.23. The van der Waals surface area contributed by atoms with Crippen LogP contribution in [0.4, 0.5) is 0 Å². The van der Waals surface area contributed by atoms with Crippen molar-refractivity contribution in [3.63, 3.8) is 0 Å². The molecule has 0 aromatic carbocycles. The number of ether oxygens (including phenoxy) is 1. The predicted octanol–water partition coefficient (Wildman–Crippen LogP) is 3.52. The van der Waals surface area contributed by atoms with Crippen LogP contribution in [0.3, 0.4) is 0 Å².